The van der Waals surface area contributed by atoms with Crippen molar-refractivity contribution in [1.82, 2.24) is 29.7 Å². The summed E-state index contributed by atoms with van der Waals surface area (Å²) in [5.74, 6) is -0.149. The molecule has 9 heteroatoms. The Bertz CT molecular complexity index is 769. The van der Waals surface area contributed by atoms with Crippen molar-refractivity contribution in [3.05, 3.63) is 28.3 Å². The average molecular weight is 337 g/mol. The normalized spacial score (nSPS) is 23.5. The van der Waals surface area contributed by atoms with E-state index in [0.29, 0.717) is 30.4 Å². The van der Waals surface area contributed by atoms with Gasteiger partial charge in [0.2, 0.25) is 0 Å². The van der Waals surface area contributed by atoms with Crippen LogP contribution in [0.5, 0.6) is 0 Å². The SMILES string of the molecule is Cc1c(Cl)c(C(=O)N2CC[C@H]3OCc4cnnn4[C@@H]3C2)nn1C. The van der Waals surface area contributed by atoms with E-state index in [1.165, 1.54) is 0 Å². The summed E-state index contributed by atoms with van der Waals surface area (Å²) in [6.45, 7) is 3.50. The Labute approximate surface area is 138 Å². The van der Waals surface area contributed by atoms with Crippen LogP contribution in [0.2, 0.25) is 5.02 Å². The van der Waals surface area contributed by atoms with Crippen molar-refractivity contribution in [2.45, 2.75) is 32.1 Å². The molecule has 0 unspecified atom stereocenters. The van der Waals surface area contributed by atoms with E-state index < -0.39 is 0 Å². The third-order valence-corrected chi connectivity index (χ3v) is 5.13. The topological polar surface area (TPSA) is 78.1 Å². The van der Waals surface area contributed by atoms with Crippen molar-refractivity contribution in [3.63, 3.8) is 0 Å². The molecule has 0 N–H and O–H groups in total. The molecule has 2 aliphatic rings. The highest BCUT2D eigenvalue weighted by Crippen LogP contribution is 2.31. The molecular formula is C14H17ClN6O2. The lowest BCUT2D eigenvalue weighted by Gasteiger charge is -2.40. The quantitative estimate of drug-likeness (QED) is 0.775. The highest BCUT2D eigenvalue weighted by molar-refractivity contribution is 6.34. The van der Waals surface area contributed by atoms with Gasteiger partial charge in [-0.25, -0.2) is 4.68 Å². The monoisotopic (exact) mass is 336 g/mol. The molecule has 0 saturated carbocycles. The molecule has 4 heterocycles. The number of ether oxygens (including phenoxy) is 1. The number of carbonyl (C=O) groups is 1. The van der Waals surface area contributed by atoms with E-state index in [9.17, 15) is 4.79 Å². The van der Waals surface area contributed by atoms with Crippen molar-refractivity contribution < 1.29 is 9.53 Å². The second kappa shape index (κ2) is 5.31. The molecule has 0 aliphatic carbocycles. The predicted molar refractivity (Wildman–Crippen MR) is 81.1 cm³/mol. The number of piperidine rings is 1. The van der Waals surface area contributed by atoms with Crippen molar-refractivity contribution >= 4 is 17.5 Å². The van der Waals surface area contributed by atoms with Crippen LogP contribution in [0.3, 0.4) is 0 Å². The number of aryl methyl sites for hydroxylation is 1. The maximum absolute atomic E-state index is 12.8. The van der Waals surface area contributed by atoms with Crippen molar-refractivity contribution in [2.24, 2.45) is 7.05 Å². The summed E-state index contributed by atoms with van der Waals surface area (Å²) < 4.78 is 9.36. The molecule has 122 valence electrons. The summed E-state index contributed by atoms with van der Waals surface area (Å²) in [6, 6.07) is -0.0115. The molecule has 2 aromatic heterocycles. The largest absolute Gasteiger partial charge is 0.370 e. The Morgan fingerprint density at radius 3 is 3.04 bits per heavy atom. The summed E-state index contributed by atoms with van der Waals surface area (Å²) >= 11 is 6.25. The van der Waals surface area contributed by atoms with Crippen LogP contribution in [-0.2, 0) is 18.4 Å². The van der Waals surface area contributed by atoms with Crippen LogP contribution in [-0.4, -0.2) is 54.8 Å². The number of likely N-dealkylation sites (tertiary alicyclic amines) is 1. The first-order valence-corrected chi connectivity index (χ1v) is 7.93. The first kappa shape index (κ1) is 14.6. The number of amides is 1. The first-order chi connectivity index (χ1) is 11.1. The number of carbonyl (C=O) groups excluding carboxylic acids is 1. The number of fused-ring (bicyclic) bond motifs is 3. The first-order valence-electron chi connectivity index (χ1n) is 7.55. The third-order valence-electron chi connectivity index (χ3n) is 4.68. The second-order valence-corrected chi connectivity index (χ2v) is 6.38. The molecule has 0 spiro atoms. The Morgan fingerprint density at radius 2 is 2.30 bits per heavy atom. The van der Waals surface area contributed by atoms with Gasteiger partial charge in [-0.15, -0.1) is 5.10 Å². The van der Waals surface area contributed by atoms with E-state index in [1.54, 1.807) is 22.8 Å². The third kappa shape index (κ3) is 2.24. The summed E-state index contributed by atoms with van der Waals surface area (Å²) in [5.41, 5.74) is 2.03. The fourth-order valence-electron chi connectivity index (χ4n) is 3.23. The van der Waals surface area contributed by atoms with Gasteiger partial charge < -0.3 is 9.64 Å². The molecule has 0 bridgehead atoms. The molecule has 1 saturated heterocycles. The molecule has 8 nitrogen and oxygen atoms in total. The number of rotatable bonds is 1. The van der Waals surface area contributed by atoms with Crippen molar-refractivity contribution in [1.29, 1.82) is 0 Å². The van der Waals surface area contributed by atoms with Crippen LogP contribution in [0.15, 0.2) is 6.20 Å². The lowest BCUT2D eigenvalue weighted by molar-refractivity contribution is -0.0605. The number of hydrogen-bond donors (Lipinski definition) is 0. The molecule has 1 fully saturated rings. The van der Waals surface area contributed by atoms with E-state index >= 15 is 0 Å². The summed E-state index contributed by atoms with van der Waals surface area (Å²) in [4.78, 5) is 14.6. The predicted octanol–water partition coefficient (Wildman–Crippen LogP) is 0.959. The number of halogens is 1. The molecule has 1 amide bonds. The van der Waals surface area contributed by atoms with Gasteiger partial charge in [-0.05, 0) is 13.3 Å². The maximum Gasteiger partial charge on any atom is 0.275 e. The molecule has 2 aromatic rings. The van der Waals surface area contributed by atoms with Gasteiger partial charge in [0.25, 0.3) is 5.91 Å². The zero-order chi connectivity index (χ0) is 16.1. The Hall–Kier alpha value is -1.93. The van der Waals surface area contributed by atoms with Crippen LogP contribution >= 0.6 is 11.6 Å². The van der Waals surface area contributed by atoms with Crippen molar-refractivity contribution in [2.75, 3.05) is 13.1 Å². The van der Waals surface area contributed by atoms with Crippen molar-refractivity contribution in [3.8, 4) is 0 Å². The lowest BCUT2D eigenvalue weighted by atomic mass is 10.00. The van der Waals surface area contributed by atoms with Gasteiger partial charge in [-0.1, -0.05) is 16.8 Å². The summed E-state index contributed by atoms with van der Waals surface area (Å²) in [7, 11) is 1.78. The minimum absolute atomic E-state index is 0.0115. The van der Waals surface area contributed by atoms with Crippen LogP contribution in [0.25, 0.3) is 0 Å². The van der Waals surface area contributed by atoms with E-state index in [1.807, 2.05) is 11.6 Å². The fraction of sp³-hybridized carbons (Fsp3) is 0.571. The second-order valence-electron chi connectivity index (χ2n) is 6.00. The molecule has 0 radical (unpaired) electrons. The summed E-state index contributed by atoms with van der Waals surface area (Å²) in [5, 5.41) is 12.8. The van der Waals surface area contributed by atoms with E-state index in [-0.39, 0.29) is 18.1 Å². The number of aromatic nitrogens is 5. The van der Waals surface area contributed by atoms with Crippen LogP contribution in [0.1, 0.15) is 34.3 Å². The summed E-state index contributed by atoms with van der Waals surface area (Å²) in [6.07, 6.45) is 2.53. The highest BCUT2D eigenvalue weighted by atomic mass is 35.5. The van der Waals surface area contributed by atoms with Gasteiger partial charge >= 0.3 is 0 Å². The highest BCUT2D eigenvalue weighted by Gasteiger charge is 2.39. The Balaban J connectivity index is 1.60. The Kier molecular flexibility index (Phi) is 3.38. The van der Waals surface area contributed by atoms with Gasteiger partial charge in [0.05, 0.1) is 41.4 Å². The molecule has 2 aliphatic heterocycles. The zero-order valence-corrected chi connectivity index (χ0v) is 13.7. The minimum Gasteiger partial charge on any atom is -0.370 e. The molecule has 23 heavy (non-hydrogen) atoms. The van der Waals surface area contributed by atoms with E-state index in [2.05, 4.69) is 15.4 Å². The van der Waals surface area contributed by atoms with Gasteiger partial charge in [-0.2, -0.15) is 5.10 Å². The van der Waals surface area contributed by atoms with Gasteiger partial charge in [0, 0.05) is 20.1 Å². The molecular weight excluding hydrogens is 320 g/mol. The van der Waals surface area contributed by atoms with Crippen LogP contribution in [0.4, 0.5) is 0 Å². The number of hydrogen-bond acceptors (Lipinski definition) is 5. The average Bonchev–Trinajstić information content (AvgIpc) is 3.14. The molecule has 2 atom stereocenters. The minimum atomic E-state index is -0.149. The van der Waals surface area contributed by atoms with E-state index in [4.69, 9.17) is 16.3 Å². The van der Waals surface area contributed by atoms with Gasteiger partial charge in [0.15, 0.2) is 5.69 Å². The van der Waals surface area contributed by atoms with Gasteiger partial charge in [-0.3, -0.25) is 9.48 Å². The standard InChI is InChI=1S/C14H17ClN6O2/c1-8-12(15)13(17-19(8)2)14(22)20-4-3-11-10(6-20)21-9(7-23-11)5-16-18-21/h5,10-11H,3-4,6-7H2,1-2H3/t10-,11-/m1/s1. The lowest BCUT2D eigenvalue weighted by Crippen LogP contribution is -2.50. The Morgan fingerprint density at radius 1 is 1.48 bits per heavy atom. The molecule has 4 rings (SSSR count). The smallest absolute Gasteiger partial charge is 0.275 e. The van der Waals surface area contributed by atoms with E-state index in [0.717, 1.165) is 17.8 Å². The van der Waals surface area contributed by atoms with Crippen LogP contribution < -0.4 is 0 Å². The fourth-order valence-corrected chi connectivity index (χ4v) is 3.47. The zero-order valence-electron chi connectivity index (χ0n) is 12.9. The maximum atomic E-state index is 12.8. The molecule has 0 aromatic carbocycles. The van der Waals surface area contributed by atoms with Gasteiger partial charge in [0.1, 0.15) is 0 Å². The number of nitrogens with zero attached hydrogens (tertiary/aromatic N) is 6. The van der Waals surface area contributed by atoms with Crippen LogP contribution in [0, 0.1) is 6.92 Å².